The highest BCUT2D eigenvalue weighted by molar-refractivity contribution is 5.78. The summed E-state index contributed by atoms with van der Waals surface area (Å²) in [6.45, 7) is 6.97. The Morgan fingerprint density at radius 1 is 1.45 bits per heavy atom. The SMILES string of the molecule is COc1ccccc1CNC(=O)CN1CCC(N)C(C)(C)C1. The lowest BCUT2D eigenvalue weighted by molar-refractivity contribution is -0.123. The molecule has 1 aromatic carbocycles. The Kier molecular flexibility index (Phi) is 5.42. The van der Waals surface area contributed by atoms with Gasteiger partial charge in [0.05, 0.1) is 13.7 Å². The monoisotopic (exact) mass is 305 g/mol. The van der Waals surface area contributed by atoms with Crippen LogP contribution in [-0.4, -0.2) is 43.6 Å². The van der Waals surface area contributed by atoms with Crippen molar-refractivity contribution in [2.75, 3.05) is 26.7 Å². The molecule has 1 saturated heterocycles. The van der Waals surface area contributed by atoms with E-state index >= 15 is 0 Å². The zero-order valence-electron chi connectivity index (χ0n) is 13.8. The zero-order chi connectivity index (χ0) is 16.2. The summed E-state index contributed by atoms with van der Waals surface area (Å²) in [6.07, 6.45) is 0.937. The molecule has 0 aliphatic carbocycles. The number of methoxy groups -OCH3 is 1. The molecule has 0 aromatic heterocycles. The number of nitrogens with one attached hydrogen (secondary N) is 1. The molecule has 22 heavy (non-hydrogen) atoms. The molecule has 1 unspecified atom stereocenters. The molecule has 5 heteroatoms. The molecule has 1 fully saturated rings. The van der Waals surface area contributed by atoms with Crippen LogP contribution in [0.5, 0.6) is 5.75 Å². The highest BCUT2D eigenvalue weighted by atomic mass is 16.5. The van der Waals surface area contributed by atoms with E-state index in [9.17, 15) is 4.79 Å². The fourth-order valence-electron chi connectivity index (χ4n) is 2.92. The lowest BCUT2D eigenvalue weighted by Crippen LogP contribution is -2.54. The van der Waals surface area contributed by atoms with E-state index in [1.54, 1.807) is 7.11 Å². The van der Waals surface area contributed by atoms with Crippen LogP contribution in [0.4, 0.5) is 0 Å². The largest absolute Gasteiger partial charge is 0.496 e. The van der Waals surface area contributed by atoms with Crippen LogP contribution in [0.2, 0.25) is 0 Å². The molecule has 1 amide bonds. The highest BCUT2D eigenvalue weighted by Crippen LogP contribution is 2.27. The topological polar surface area (TPSA) is 67.6 Å². The summed E-state index contributed by atoms with van der Waals surface area (Å²) in [4.78, 5) is 14.3. The maximum Gasteiger partial charge on any atom is 0.234 e. The number of hydrogen-bond acceptors (Lipinski definition) is 4. The summed E-state index contributed by atoms with van der Waals surface area (Å²) < 4.78 is 5.29. The Labute approximate surface area is 132 Å². The van der Waals surface area contributed by atoms with E-state index in [0.29, 0.717) is 13.1 Å². The molecule has 1 aliphatic rings. The normalized spacial score (nSPS) is 21.4. The molecule has 1 aliphatic heterocycles. The molecule has 122 valence electrons. The number of hydrogen-bond donors (Lipinski definition) is 2. The maximum absolute atomic E-state index is 12.2. The first-order valence-corrected chi connectivity index (χ1v) is 7.79. The van der Waals surface area contributed by atoms with Crippen molar-refractivity contribution < 1.29 is 9.53 Å². The van der Waals surface area contributed by atoms with Crippen LogP contribution in [0.15, 0.2) is 24.3 Å². The van der Waals surface area contributed by atoms with Gasteiger partial charge in [-0.25, -0.2) is 0 Å². The predicted molar refractivity (Wildman–Crippen MR) is 87.7 cm³/mol. The van der Waals surface area contributed by atoms with Gasteiger partial charge in [-0.2, -0.15) is 0 Å². The Hall–Kier alpha value is -1.59. The number of carbonyl (C=O) groups is 1. The Morgan fingerprint density at radius 3 is 2.86 bits per heavy atom. The first-order chi connectivity index (χ1) is 10.4. The minimum absolute atomic E-state index is 0.0391. The summed E-state index contributed by atoms with van der Waals surface area (Å²) in [5.74, 6) is 0.838. The Bertz CT molecular complexity index is 516. The summed E-state index contributed by atoms with van der Waals surface area (Å²) in [6, 6.07) is 7.93. The lowest BCUT2D eigenvalue weighted by atomic mass is 9.80. The molecule has 0 radical (unpaired) electrons. The number of piperidine rings is 1. The van der Waals surface area contributed by atoms with Crippen LogP contribution < -0.4 is 15.8 Å². The van der Waals surface area contributed by atoms with Gasteiger partial charge in [-0.15, -0.1) is 0 Å². The molecule has 0 saturated carbocycles. The van der Waals surface area contributed by atoms with Gasteiger partial charge in [0.1, 0.15) is 5.75 Å². The molecule has 0 bridgehead atoms. The van der Waals surface area contributed by atoms with E-state index in [-0.39, 0.29) is 17.4 Å². The van der Waals surface area contributed by atoms with Gasteiger partial charge in [0, 0.05) is 31.2 Å². The smallest absolute Gasteiger partial charge is 0.234 e. The van der Waals surface area contributed by atoms with Crippen LogP contribution in [0, 0.1) is 5.41 Å². The number of carbonyl (C=O) groups excluding carboxylic acids is 1. The van der Waals surface area contributed by atoms with Crippen LogP contribution in [0.3, 0.4) is 0 Å². The third-order valence-corrected chi connectivity index (χ3v) is 4.43. The molecular weight excluding hydrogens is 278 g/mol. The third-order valence-electron chi connectivity index (χ3n) is 4.43. The molecular formula is C17H27N3O2. The summed E-state index contributed by atoms with van der Waals surface area (Å²) in [7, 11) is 1.64. The van der Waals surface area contributed by atoms with Gasteiger partial charge in [-0.3, -0.25) is 9.69 Å². The van der Waals surface area contributed by atoms with Crippen molar-refractivity contribution in [2.45, 2.75) is 32.9 Å². The van der Waals surface area contributed by atoms with Gasteiger partial charge >= 0.3 is 0 Å². The molecule has 1 heterocycles. The number of para-hydroxylation sites is 1. The zero-order valence-corrected chi connectivity index (χ0v) is 13.8. The van der Waals surface area contributed by atoms with E-state index in [4.69, 9.17) is 10.5 Å². The second-order valence-corrected chi connectivity index (χ2v) is 6.68. The van der Waals surface area contributed by atoms with Gasteiger partial charge in [-0.05, 0) is 17.9 Å². The quantitative estimate of drug-likeness (QED) is 0.862. The van der Waals surface area contributed by atoms with Gasteiger partial charge < -0.3 is 15.8 Å². The van der Waals surface area contributed by atoms with Gasteiger partial charge in [0.15, 0.2) is 0 Å². The first-order valence-electron chi connectivity index (χ1n) is 7.79. The average molecular weight is 305 g/mol. The van der Waals surface area contributed by atoms with Gasteiger partial charge in [0.2, 0.25) is 5.91 Å². The van der Waals surface area contributed by atoms with Gasteiger partial charge in [0.25, 0.3) is 0 Å². The second-order valence-electron chi connectivity index (χ2n) is 6.68. The van der Waals surface area contributed by atoms with Crippen molar-refractivity contribution in [3.63, 3.8) is 0 Å². The Balaban J connectivity index is 1.83. The summed E-state index contributed by atoms with van der Waals surface area (Å²) in [5, 5.41) is 2.97. The van der Waals surface area contributed by atoms with Gasteiger partial charge in [-0.1, -0.05) is 32.0 Å². The molecule has 1 aromatic rings. The number of rotatable bonds is 5. The molecule has 1 atom stereocenters. The van der Waals surface area contributed by atoms with Crippen molar-refractivity contribution in [1.29, 1.82) is 0 Å². The van der Waals surface area contributed by atoms with Crippen LogP contribution in [0.25, 0.3) is 0 Å². The minimum atomic E-state index is 0.0391. The fraction of sp³-hybridized carbons (Fsp3) is 0.588. The molecule has 3 N–H and O–H groups in total. The van der Waals surface area contributed by atoms with Crippen molar-refractivity contribution >= 4 is 5.91 Å². The summed E-state index contributed by atoms with van der Waals surface area (Å²) in [5.41, 5.74) is 7.17. The first kappa shape index (κ1) is 16.8. The van der Waals surface area contributed by atoms with Crippen LogP contribution in [0.1, 0.15) is 25.8 Å². The Morgan fingerprint density at radius 2 is 2.18 bits per heavy atom. The second kappa shape index (κ2) is 7.11. The molecule has 5 nitrogen and oxygen atoms in total. The van der Waals surface area contributed by atoms with Crippen molar-refractivity contribution in [2.24, 2.45) is 11.1 Å². The van der Waals surface area contributed by atoms with Crippen molar-refractivity contribution in [1.82, 2.24) is 10.2 Å². The van der Waals surface area contributed by atoms with Crippen LogP contribution >= 0.6 is 0 Å². The fourth-order valence-corrected chi connectivity index (χ4v) is 2.92. The van der Waals surface area contributed by atoms with Crippen molar-refractivity contribution in [3.05, 3.63) is 29.8 Å². The average Bonchev–Trinajstić information content (AvgIpc) is 2.49. The number of ether oxygens (including phenoxy) is 1. The number of likely N-dealkylation sites (tertiary alicyclic amines) is 1. The molecule has 2 rings (SSSR count). The number of nitrogens with zero attached hydrogens (tertiary/aromatic N) is 1. The lowest BCUT2D eigenvalue weighted by Gasteiger charge is -2.42. The minimum Gasteiger partial charge on any atom is -0.496 e. The molecule has 0 spiro atoms. The summed E-state index contributed by atoms with van der Waals surface area (Å²) >= 11 is 0. The standard InChI is InChI=1S/C17H27N3O2/c1-17(2)12-20(9-8-15(17)18)11-16(21)19-10-13-6-4-5-7-14(13)22-3/h4-7,15H,8-12,18H2,1-3H3,(H,19,21). The maximum atomic E-state index is 12.2. The predicted octanol–water partition coefficient (Wildman–Crippen LogP) is 1.37. The van der Waals surface area contributed by atoms with E-state index in [1.165, 1.54) is 0 Å². The number of amides is 1. The van der Waals surface area contributed by atoms with Crippen LogP contribution in [-0.2, 0) is 11.3 Å². The van der Waals surface area contributed by atoms with E-state index in [0.717, 1.165) is 30.8 Å². The number of benzene rings is 1. The third kappa shape index (κ3) is 4.21. The number of nitrogens with two attached hydrogens (primary N) is 1. The van der Waals surface area contributed by atoms with E-state index < -0.39 is 0 Å². The van der Waals surface area contributed by atoms with E-state index in [1.807, 2.05) is 24.3 Å². The highest BCUT2D eigenvalue weighted by Gasteiger charge is 2.33. The van der Waals surface area contributed by atoms with E-state index in [2.05, 4.69) is 24.1 Å². The van der Waals surface area contributed by atoms with Crippen molar-refractivity contribution in [3.8, 4) is 5.75 Å².